The van der Waals surface area contributed by atoms with Crippen molar-refractivity contribution >= 4 is 29.2 Å². The number of carbonyl (C=O) groups is 3. The first-order valence-corrected chi connectivity index (χ1v) is 9.35. The van der Waals surface area contributed by atoms with E-state index in [0.717, 1.165) is 16.8 Å². The molecule has 28 heavy (non-hydrogen) atoms. The predicted octanol–water partition coefficient (Wildman–Crippen LogP) is 3.69. The van der Waals surface area contributed by atoms with Gasteiger partial charge in [-0.05, 0) is 68.7 Å². The van der Waals surface area contributed by atoms with E-state index in [1.165, 1.54) is 0 Å². The highest BCUT2D eigenvalue weighted by Gasteiger charge is 2.48. The summed E-state index contributed by atoms with van der Waals surface area (Å²) in [6, 6.07) is 12.4. The number of hydrogen-bond acceptors (Lipinski definition) is 4. The van der Waals surface area contributed by atoms with E-state index in [-0.39, 0.29) is 23.7 Å². The Balaban J connectivity index is 1.54. The lowest BCUT2D eigenvalue weighted by atomic mass is 10.1. The number of aryl methyl sites for hydroxylation is 2. The molecule has 2 aromatic carbocycles. The molecule has 2 unspecified atom stereocenters. The molecule has 1 fully saturated rings. The Morgan fingerprint density at radius 3 is 2.25 bits per heavy atom. The molecular formula is C22H24N2O4. The van der Waals surface area contributed by atoms with E-state index in [4.69, 9.17) is 4.74 Å². The second-order valence-corrected chi connectivity index (χ2v) is 7.04. The lowest BCUT2D eigenvalue weighted by molar-refractivity contribution is -0.122. The summed E-state index contributed by atoms with van der Waals surface area (Å²) in [7, 11) is 0. The lowest BCUT2D eigenvalue weighted by Crippen LogP contribution is -2.21. The van der Waals surface area contributed by atoms with Crippen LogP contribution in [0.1, 0.15) is 34.8 Å². The van der Waals surface area contributed by atoms with E-state index in [1.807, 2.05) is 32.0 Å². The second-order valence-electron chi connectivity index (χ2n) is 7.04. The monoisotopic (exact) mass is 380 g/mol. The molecule has 1 saturated carbocycles. The van der Waals surface area contributed by atoms with Crippen LogP contribution in [0.25, 0.3) is 0 Å². The van der Waals surface area contributed by atoms with Crippen LogP contribution in [-0.4, -0.2) is 24.4 Å². The maximum Gasteiger partial charge on any atom is 0.338 e. The highest BCUT2D eigenvalue weighted by molar-refractivity contribution is 6.03. The number of carbonyl (C=O) groups excluding carboxylic acids is 3. The molecule has 0 heterocycles. The number of esters is 1. The summed E-state index contributed by atoms with van der Waals surface area (Å²) in [6.07, 6.45) is 0.531. The number of anilines is 2. The molecule has 0 aliphatic heterocycles. The summed E-state index contributed by atoms with van der Waals surface area (Å²) in [5, 5.41) is 5.72. The number of amides is 2. The highest BCUT2D eigenvalue weighted by atomic mass is 16.5. The third kappa shape index (κ3) is 4.57. The quantitative estimate of drug-likeness (QED) is 0.749. The number of hydrogen-bond donors (Lipinski definition) is 2. The Labute approximate surface area is 164 Å². The molecule has 6 heteroatoms. The lowest BCUT2D eigenvalue weighted by Gasteiger charge is -2.09. The summed E-state index contributed by atoms with van der Waals surface area (Å²) >= 11 is 0. The van der Waals surface area contributed by atoms with Gasteiger partial charge in [-0.25, -0.2) is 4.79 Å². The highest BCUT2D eigenvalue weighted by Crippen LogP contribution is 2.40. The van der Waals surface area contributed by atoms with Crippen molar-refractivity contribution in [1.82, 2.24) is 0 Å². The fourth-order valence-corrected chi connectivity index (χ4v) is 3.01. The number of benzene rings is 2. The molecule has 3 rings (SSSR count). The molecule has 6 nitrogen and oxygen atoms in total. The maximum atomic E-state index is 12.4. The van der Waals surface area contributed by atoms with Crippen LogP contribution in [-0.2, 0) is 14.3 Å². The van der Waals surface area contributed by atoms with Gasteiger partial charge >= 0.3 is 5.97 Å². The molecule has 2 N–H and O–H groups in total. The number of ether oxygens (including phenoxy) is 1. The van der Waals surface area contributed by atoms with Crippen molar-refractivity contribution in [3.8, 4) is 0 Å². The van der Waals surface area contributed by atoms with Crippen molar-refractivity contribution in [3.63, 3.8) is 0 Å². The molecule has 1 aliphatic rings. The molecule has 1 aliphatic carbocycles. The molecule has 0 radical (unpaired) electrons. The molecule has 0 saturated heterocycles. The summed E-state index contributed by atoms with van der Waals surface area (Å²) in [4.78, 5) is 36.5. The molecule has 2 amide bonds. The first kappa shape index (κ1) is 19.6. The van der Waals surface area contributed by atoms with Gasteiger partial charge in [0, 0.05) is 11.4 Å². The van der Waals surface area contributed by atoms with Gasteiger partial charge in [-0.2, -0.15) is 0 Å². The van der Waals surface area contributed by atoms with Crippen molar-refractivity contribution in [2.45, 2.75) is 27.2 Å². The standard InChI is InChI=1S/C22H24N2O4/c1-4-28-22(27)15-7-9-16(10-8-15)23-20(25)17-12-18(17)21(26)24-19-11-13(2)5-6-14(19)3/h5-11,17-18H,4,12H2,1-3H3,(H,23,25)(H,24,26). The SMILES string of the molecule is CCOC(=O)c1ccc(NC(=O)C2CC2C(=O)Nc2cc(C)ccc2C)cc1. The van der Waals surface area contributed by atoms with Crippen LogP contribution >= 0.6 is 0 Å². The van der Waals surface area contributed by atoms with Crippen LogP contribution in [0.4, 0.5) is 11.4 Å². The third-order valence-corrected chi connectivity index (χ3v) is 4.78. The van der Waals surface area contributed by atoms with Gasteiger partial charge in [0.25, 0.3) is 0 Å². The van der Waals surface area contributed by atoms with Gasteiger partial charge < -0.3 is 15.4 Å². The van der Waals surface area contributed by atoms with Gasteiger partial charge in [0.1, 0.15) is 0 Å². The van der Waals surface area contributed by atoms with E-state index < -0.39 is 5.97 Å². The number of nitrogens with one attached hydrogen (secondary N) is 2. The Morgan fingerprint density at radius 1 is 0.964 bits per heavy atom. The van der Waals surface area contributed by atoms with Gasteiger partial charge in [0.15, 0.2) is 0 Å². The van der Waals surface area contributed by atoms with Crippen molar-refractivity contribution < 1.29 is 19.1 Å². The van der Waals surface area contributed by atoms with E-state index >= 15 is 0 Å². The fourth-order valence-electron chi connectivity index (χ4n) is 3.01. The number of rotatable bonds is 6. The first-order valence-electron chi connectivity index (χ1n) is 9.35. The fraction of sp³-hybridized carbons (Fsp3) is 0.318. The zero-order valence-corrected chi connectivity index (χ0v) is 16.2. The van der Waals surface area contributed by atoms with Crippen molar-refractivity contribution in [2.75, 3.05) is 17.2 Å². The smallest absolute Gasteiger partial charge is 0.338 e. The van der Waals surface area contributed by atoms with E-state index in [1.54, 1.807) is 31.2 Å². The summed E-state index contributed by atoms with van der Waals surface area (Å²) in [6.45, 7) is 5.96. The van der Waals surface area contributed by atoms with Crippen LogP contribution in [0.2, 0.25) is 0 Å². The van der Waals surface area contributed by atoms with Crippen LogP contribution in [0.5, 0.6) is 0 Å². The molecule has 0 bridgehead atoms. The maximum absolute atomic E-state index is 12.4. The molecular weight excluding hydrogens is 356 g/mol. The van der Waals surface area contributed by atoms with E-state index in [0.29, 0.717) is 24.3 Å². The first-order chi connectivity index (χ1) is 13.4. The summed E-state index contributed by atoms with van der Waals surface area (Å²) in [5.74, 6) is -1.38. The zero-order valence-electron chi connectivity index (χ0n) is 16.2. The van der Waals surface area contributed by atoms with Crippen LogP contribution in [0, 0.1) is 25.7 Å². The Kier molecular flexibility index (Phi) is 5.78. The second kappa shape index (κ2) is 8.25. The average molecular weight is 380 g/mol. The van der Waals surface area contributed by atoms with Crippen LogP contribution in [0.3, 0.4) is 0 Å². The van der Waals surface area contributed by atoms with Gasteiger partial charge in [-0.1, -0.05) is 12.1 Å². The predicted molar refractivity (Wildman–Crippen MR) is 107 cm³/mol. The van der Waals surface area contributed by atoms with Crippen molar-refractivity contribution in [3.05, 3.63) is 59.2 Å². The molecule has 0 spiro atoms. The van der Waals surface area contributed by atoms with Gasteiger partial charge in [-0.15, -0.1) is 0 Å². The third-order valence-electron chi connectivity index (χ3n) is 4.78. The molecule has 2 aromatic rings. The van der Waals surface area contributed by atoms with E-state index in [2.05, 4.69) is 10.6 Å². The van der Waals surface area contributed by atoms with Crippen molar-refractivity contribution in [2.24, 2.45) is 11.8 Å². The molecule has 2 atom stereocenters. The molecule has 0 aromatic heterocycles. The summed E-state index contributed by atoms with van der Waals surface area (Å²) in [5.41, 5.74) is 3.85. The van der Waals surface area contributed by atoms with Gasteiger partial charge in [0.05, 0.1) is 24.0 Å². The topological polar surface area (TPSA) is 84.5 Å². The van der Waals surface area contributed by atoms with Gasteiger partial charge in [0.2, 0.25) is 11.8 Å². The van der Waals surface area contributed by atoms with E-state index in [9.17, 15) is 14.4 Å². The Morgan fingerprint density at radius 2 is 1.61 bits per heavy atom. The minimum Gasteiger partial charge on any atom is -0.462 e. The largest absolute Gasteiger partial charge is 0.462 e. The minimum absolute atomic E-state index is 0.133. The summed E-state index contributed by atoms with van der Waals surface area (Å²) < 4.78 is 4.93. The Bertz CT molecular complexity index is 905. The van der Waals surface area contributed by atoms with Crippen LogP contribution < -0.4 is 10.6 Å². The van der Waals surface area contributed by atoms with Crippen LogP contribution in [0.15, 0.2) is 42.5 Å². The minimum atomic E-state index is -0.397. The Hall–Kier alpha value is -3.15. The zero-order chi connectivity index (χ0) is 20.3. The van der Waals surface area contributed by atoms with Gasteiger partial charge in [-0.3, -0.25) is 9.59 Å². The normalized spacial score (nSPS) is 17.5. The average Bonchev–Trinajstić information content (AvgIpc) is 3.46. The molecule has 146 valence electrons. The van der Waals surface area contributed by atoms with Crippen molar-refractivity contribution in [1.29, 1.82) is 0 Å².